The van der Waals surface area contributed by atoms with Crippen molar-refractivity contribution in [2.24, 2.45) is 0 Å². The lowest BCUT2D eigenvalue weighted by molar-refractivity contribution is 0.0946. The molecule has 0 radical (unpaired) electrons. The number of hydrogen-bond acceptors (Lipinski definition) is 4. The molecule has 3 aromatic rings. The predicted octanol–water partition coefficient (Wildman–Crippen LogP) is 4.29. The number of anilines is 2. The first-order valence-corrected chi connectivity index (χ1v) is 8.63. The maximum atomic E-state index is 12.9. The third-order valence-corrected chi connectivity index (χ3v) is 3.82. The van der Waals surface area contributed by atoms with Crippen LogP contribution in [0.15, 0.2) is 66.9 Å². The van der Waals surface area contributed by atoms with Gasteiger partial charge in [-0.25, -0.2) is 4.39 Å². The molecule has 0 saturated carbocycles. The normalized spacial score (nSPS) is 10.3. The molecular weight excluding hydrogens is 345 g/mol. The molecule has 0 atom stereocenters. The van der Waals surface area contributed by atoms with Crippen LogP contribution >= 0.6 is 0 Å². The molecule has 0 fully saturated rings. The molecule has 2 aromatic carbocycles. The van der Waals surface area contributed by atoms with Gasteiger partial charge in [0.1, 0.15) is 17.3 Å². The molecular formula is C21H20FN3O2. The summed E-state index contributed by atoms with van der Waals surface area (Å²) < 4.78 is 18.5. The molecule has 1 aromatic heterocycles. The van der Waals surface area contributed by atoms with Crippen LogP contribution in [-0.2, 0) is 6.54 Å². The van der Waals surface area contributed by atoms with E-state index in [2.05, 4.69) is 15.6 Å². The third-order valence-electron chi connectivity index (χ3n) is 3.82. The van der Waals surface area contributed by atoms with E-state index in [1.54, 1.807) is 30.5 Å². The molecule has 0 saturated heterocycles. The summed E-state index contributed by atoms with van der Waals surface area (Å²) in [5.41, 5.74) is 2.63. The number of pyridine rings is 1. The number of ether oxygens (including phenoxy) is 1. The second kappa shape index (κ2) is 8.80. The highest BCUT2D eigenvalue weighted by Gasteiger charge is 2.09. The fraction of sp³-hybridized carbons (Fsp3) is 0.143. The van der Waals surface area contributed by atoms with Crippen molar-refractivity contribution in [3.8, 4) is 5.75 Å². The minimum Gasteiger partial charge on any atom is -0.492 e. The number of halogens is 1. The third kappa shape index (κ3) is 5.04. The number of rotatable bonds is 7. The maximum Gasteiger partial charge on any atom is 0.270 e. The Morgan fingerprint density at radius 1 is 1.11 bits per heavy atom. The number of para-hydroxylation sites is 2. The summed E-state index contributed by atoms with van der Waals surface area (Å²) in [6.45, 7) is 2.78. The summed E-state index contributed by atoms with van der Waals surface area (Å²) in [4.78, 5) is 16.5. The number of nitrogens with zero attached hydrogens (tertiary/aromatic N) is 1. The van der Waals surface area contributed by atoms with Crippen molar-refractivity contribution >= 4 is 17.3 Å². The van der Waals surface area contributed by atoms with Crippen molar-refractivity contribution in [3.05, 3.63) is 83.9 Å². The molecule has 0 bridgehead atoms. The first-order valence-electron chi connectivity index (χ1n) is 8.63. The first-order chi connectivity index (χ1) is 13.2. The molecule has 1 amide bonds. The van der Waals surface area contributed by atoms with Crippen LogP contribution in [-0.4, -0.2) is 17.5 Å². The molecule has 27 heavy (non-hydrogen) atoms. The van der Waals surface area contributed by atoms with Crippen molar-refractivity contribution in [2.75, 3.05) is 11.9 Å². The largest absolute Gasteiger partial charge is 0.492 e. The number of carbonyl (C=O) groups excluding carboxylic acids is 1. The zero-order chi connectivity index (χ0) is 19.1. The molecule has 0 unspecified atom stereocenters. The van der Waals surface area contributed by atoms with Gasteiger partial charge in [-0.15, -0.1) is 0 Å². The minimum absolute atomic E-state index is 0.288. The molecule has 0 aliphatic carbocycles. The first kappa shape index (κ1) is 18.4. The van der Waals surface area contributed by atoms with Gasteiger partial charge in [0.05, 0.1) is 12.3 Å². The van der Waals surface area contributed by atoms with Crippen molar-refractivity contribution in [1.82, 2.24) is 10.3 Å². The van der Waals surface area contributed by atoms with Gasteiger partial charge in [0.15, 0.2) is 0 Å². The van der Waals surface area contributed by atoms with E-state index in [1.807, 2.05) is 31.2 Å². The predicted molar refractivity (Wildman–Crippen MR) is 103 cm³/mol. The average molecular weight is 365 g/mol. The zero-order valence-corrected chi connectivity index (χ0v) is 14.9. The van der Waals surface area contributed by atoms with E-state index in [1.165, 1.54) is 12.1 Å². The summed E-state index contributed by atoms with van der Waals surface area (Å²) >= 11 is 0. The highest BCUT2D eigenvalue weighted by molar-refractivity contribution is 5.93. The second-order valence-corrected chi connectivity index (χ2v) is 5.79. The highest BCUT2D eigenvalue weighted by atomic mass is 19.1. The molecule has 1 heterocycles. The Labute approximate surface area is 157 Å². The van der Waals surface area contributed by atoms with Gasteiger partial charge in [-0.05, 0) is 48.9 Å². The quantitative estimate of drug-likeness (QED) is 0.655. The molecule has 6 heteroatoms. The van der Waals surface area contributed by atoms with E-state index in [9.17, 15) is 9.18 Å². The topological polar surface area (TPSA) is 63.2 Å². The van der Waals surface area contributed by atoms with E-state index in [-0.39, 0.29) is 17.4 Å². The number of hydrogen-bond donors (Lipinski definition) is 2. The van der Waals surface area contributed by atoms with E-state index in [0.717, 1.165) is 22.7 Å². The standard InChI is InChI=1S/C21H20FN3O2/c1-2-27-20-6-4-3-5-18(20)25-17-11-12-23-19(13-17)21(26)24-14-15-7-9-16(22)10-8-15/h3-13H,2,14H2,1H3,(H,23,25)(H,24,26). The molecule has 5 nitrogen and oxygen atoms in total. The molecule has 138 valence electrons. The van der Waals surface area contributed by atoms with Crippen LogP contribution in [0.4, 0.5) is 15.8 Å². The van der Waals surface area contributed by atoms with Crippen molar-refractivity contribution < 1.29 is 13.9 Å². The van der Waals surface area contributed by atoms with Crippen LogP contribution in [0.25, 0.3) is 0 Å². The summed E-state index contributed by atoms with van der Waals surface area (Å²) in [6.07, 6.45) is 1.57. The monoisotopic (exact) mass is 365 g/mol. The van der Waals surface area contributed by atoms with Gasteiger partial charge in [0, 0.05) is 18.4 Å². The number of aromatic nitrogens is 1. The zero-order valence-electron chi connectivity index (χ0n) is 14.9. The van der Waals surface area contributed by atoms with E-state index in [0.29, 0.717) is 13.2 Å². The van der Waals surface area contributed by atoms with Gasteiger partial charge >= 0.3 is 0 Å². The van der Waals surface area contributed by atoms with Crippen LogP contribution in [0, 0.1) is 5.82 Å². The highest BCUT2D eigenvalue weighted by Crippen LogP contribution is 2.27. The fourth-order valence-corrected chi connectivity index (χ4v) is 2.51. The Morgan fingerprint density at radius 2 is 1.89 bits per heavy atom. The van der Waals surface area contributed by atoms with Crippen LogP contribution in [0.3, 0.4) is 0 Å². The van der Waals surface area contributed by atoms with Crippen LogP contribution in [0.5, 0.6) is 5.75 Å². The smallest absolute Gasteiger partial charge is 0.270 e. The lowest BCUT2D eigenvalue weighted by Crippen LogP contribution is -2.23. The van der Waals surface area contributed by atoms with E-state index in [4.69, 9.17) is 4.74 Å². The molecule has 3 rings (SSSR count). The van der Waals surface area contributed by atoms with Crippen molar-refractivity contribution in [2.45, 2.75) is 13.5 Å². The Bertz CT molecular complexity index is 913. The van der Waals surface area contributed by atoms with Gasteiger partial charge in [-0.1, -0.05) is 24.3 Å². The van der Waals surface area contributed by atoms with Gasteiger partial charge in [0.25, 0.3) is 5.91 Å². The number of benzene rings is 2. The molecule has 0 aliphatic heterocycles. The molecule has 0 aliphatic rings. The summed E-state index contributed by atoms with van der Waals surface area (Å²) in [7, 11) is 0. The number of amides is 1. The Balaban J connectivity index is 1.68. The van der Waals surface area contributed by atoms with Crippen molar-refractivity contribution in [3.63, 3.8) is 0 Å². The van der Waals surface area contributed by atoms with Gasteiger partial charge in [0.2, 0.25) is 0 Å². The minimum atomic E-state index is -0.308. The van der Waals surface area contributed by atoms with Crippen molar-refractivity contribution in [1.29, 1.82) is 0 Å². The Hall–Kier alpha value is -3.41. The SMILES string of the molecule is CCOc1ccccc1Nc1ccnc(C(=O)NCc2ccc(F)cc2)c1. The fourth-order valence-electron chi connectivity index (χ4n) is 2.51. The lowest BCUT2D eigenvalue weighted by Gasteiger charge is -2.12. The average Bonchev–Trinajstić information content (AvgIpc) is 2.69. The number of carbonyl (C=O) groups is 1. The van der Waals surface area contributed by atoms with E-state index < -0.39 is 0 Å². The second-order valence-electron chi connectivity index (χ2n) is 5.79. The van der Waals surface area contributed by atoms with Gasteiger partial charge in [-0.3, -0.25) is 9.78 Å². The molecule has 2 N–H and O–H groups in total. The van der Waals surface area contributed by atoms with Crippen LogP contribution in [0.2, 0.25) is 0 Å². The lowest BCUT2D eigenvalue weighted by atomic mass is 10.2. The molecule has 0 spiro atoms. The van der Waals surface area contributed by atoms with Crippen LogP contribution in [0.1, 0.15) is 23.0 Å². The Kier molecular flexibility index (Phi) is 5.99. The van der Waals surface area contributed by atoms with Crippen LogP contribution < -0.4 is 15.4 Å². The summed E-state index contributed by atoms with van der Waals surface area (Å²) in [5, 5.41) is 6.03. The number of nitrogens with one attached hydrogen (secondary N) is 2. The Morgan fingerprint density at radius 3 is 2.67 bits per heavy atom. The summed E-state index contributed by atoms with van der Waals surface area (Å²) in [5.74, 6) is 0.123. The van der Waals surface area contributed by atoms with E-state index >= 15 is 0 Å². The van der Waals surface area contributed by atoms with Gasteiger partial charge < -0.3 is 15.4 Å². The summed E-state index contributed by atoms with van der Waals surface area (Å²) in [6, 6.07) is 17.0. The van der Waals surface area contributed by atoms with Gasteiger partial charge in [-0.2, -0.15) is 0 Å². The maximum absolute atomic E-state index is 12.9.